The molecular weight excluding hydrogens is 299 g/mol. The number of nitrogens with one attached hydrogen (secondary N) is 1. The van der Waals surface area contributed by atoms with E-state index in [0.717, 1.165) is 23.5 Å². The highest BCUT2D eigenvalue weighted by Gasteiger charge is 2.31. The average Bonchev–Trinajstić information content (AvgIpc) is 2.71. The number of anilines is 1. The molecule has 1 heterocycles. The summed E-state index contributed by atoms with van der Waals surface area (Å²) in [6.07, 6.45) is -3.20. The van der Waals surface area contributed by atoms with Crippen molar-refractivity contribution in [3.63, 3.8) is 0 Å². The first-order chi connectivity index (χ1) is 9.54. The number of hydrogen-bond acceptors (Lipinski definition) is 4. The van der Waals surface area contributed by atoms with Crippen molar-refractivity contribution in [3.05, 3.63) is 10.6 Å². The monoisotopic (exact) mass is 323 g/mol. The fraction of sp³-hybridized carbons (Fsp3) is 0.786. The number of alkyl halides is 3. The third-order valence-corrected chi connectivity index (χ3v) is 4.02. The molecule has 0 aliphatic heterocycles. The zero-order chi connectivity index (χ0) is 16.3. The number of nitrogens with zero attached hydrogens (tertiary/aromatic N) is 2. The molecule has 1 rings (SSSR count). The quantitative estimate of drug-likeness (QED) is 0.804. The van der Waals surface area contributed by atoms with Crippen LogP contribution in [-0.4, -0.2) is 31.3 Å². The first kappa shape index (κ1) is 18.2. The Hall–Kier alpha value is -0.820. The fourth-order valence-corrected chi connectivity index (χ4v) is 3.12. The summed E-state index contributed by atoms with van der Waals surface area (Å²) >= 11 is 1.34. The van der Waals surface area contributed by atoms with Gasteiger partial charge in [0.15, 0.2) is 5.13 Å². The Morgan fingerprint density at radius 1 is 1.24 bits per heavy atom. The second-order valence-corrected chi connectivity index (χ2v) is 7.23. The molecule has 0 saturated carbocycles. The van der Waals surface area contributed by atoms with Gasteiger partial charge >= 0.3 is 6.18 Å². The maximum atomic E-state index is 12.5. The van der Waals surface area contributed by atoms with Crippen molar-refractivity contribution in [1.82, 2.24) is 10.3 Å². The van der Waals surface area contributed by atoms with Gasteiger partial charge in [0.25, 0.3) is 0 Å². The SMILES string of the molecule is CCCNCc1sc(N(C)CC(F)(F)F)nc1C(C)(C)C. The highest BCUT2D eigenvalue weighted by Crippen LogP contribution is 2.34. The molecule has 122 valence electrons. The number of rotatable bonds is 6. The van der Waals surface area contributed by atoms with Crippen molar-refractivity contribution in [3.8, 4) is 0 Å². The minimum atomic E-state index is -4.22. The Morgan fingerprint density at radius 3 is 2.33 bits per heavy atom. The molecule has 1 aromatic heterocycles. The van der Waals surface area contributed by atoms with E-state index in [2.05, 4.69) is 17.2 Å². The maximum Gasteiger partial charge on any atom is 0.405 e. The van der Waals surface area contributed by atoms with Crippen LogP contribution >= 0.6 is 11.3 Å². The zero-order valence-corrected chi connectivity index (χ0v) is 14.1. The van der Waals surface area contributed by atoms with Gasteiger partial charge in [0.05, 0.1) is 5.69 Å². The van der Waals surface area contributed by atoms with Crippen LogP contribution < -0.4 is 10.2 Å². The minimum absolute atomic E-state index is 0.183. The van der Waals surface area contributed by atoms with Gasteiger partial charge in [-0.2, -0.15) is 13.2 Å². The largest absolute Gasteiger partial charge is 0.405 e. The summed E-state index contributed by atoms with van der Waals surface area (Å²) in [6.45, 7) is 8.71. The molecule has 0 aromatic carbocycles. The maximum absolute atomic E-state index is 12.5. The molecule has 0 aliphatic rings. The van der Waals surface area contributed by atoms with Gasteiger partial charge in [-0.3, -0.25) is 0 Å². The molecule has 0 bridgehead atoms. The van der Waals surface area contributed by atoms with Gasteiger partial charge in [0.2, 0.25) is 0 Å². The van der Waals surface area contributed by atoms with Gasteiger partial charge in [0.1, 0.15) is 6.54 Å². The molecule has 0 aliphatic carbocycles. The van der Waals surface area contributed by atoms with Crippen LogP contribution in [0.2, 0.25) is 0 Å². The second-order valence-electron chi connectivity index (χ2n) is 6.17. The molecule has 7 heteroatoms. The van der Waals surface area contributed by atoms with Gasteiger partial charge in [-0.05, 0) is 13.0 Å². The van der Waals surface area contributed by atoms with E-state index in [4.69, 9.17) is 0 Å². The zero-order valence-electron chi connectivity index (χ0n) is 13.3. The third kappa shape index (κ3) is 5.82. The first-order valence-corrected chi connectivity index (χ1v) is 7.85. The summed E-state index contributed by atoms with van der Waals surface area (Å²) in [6, 6.07) is 0. The number of halogens is 3. The van der Waals surface area contributed by atoms with Crippen molar-refractivity contribution >= 4 is 16.5 Å². The molecule has 1 aromatic rings. The number of hydrogen-bond donors (Lipinski definition) is 1. The lowest BCUT2D eigenvalue weighted by molar-refractivity contribution is -0.119. The Labute approximate surface area is 128 Å². The van der Waals surface area contributed by atoms with E-state index in [1.807, 2.05) is 20.8 Å². The molecule has 0 unspecified atom stereocenters. The van der Waals surface area contributed by atoms with Crippen LogP contribution in [0.3, 0.4) is 0 Å². The molecule has 3 nitrogen and oxygen atoms in total. The predicted molar refractivity (Wildman–Crippen MR) is 82.1 cm³/mol. The predicted octanol–water partition coefficient (Wildman–Crippen LogP) is 3.94. The van der Waals surface area contributed by atoms with Crippen molar-refractivity contribution in [2.45, 2.75) is 52.3 Å². The normalized spacial score (nSPS) is 12.8. The Morgan fingerprint density at radius 2 is 1.86 bits per heavy atom. The van der Waals surface area contributed by atoms with Gasteiger partial charge in [0, 0.05) is 23.9 Å². The first-order valence-electron chi connectivity index (χ1n) is 7.03. The molecule has 0 fully saturated rings. The average molecular weight is 323 g/mol. The topological polar surface area (TPSA) is 28.2 Å². The summed E-state index contributed by atoms with van der Waals surface area (Å²) in [7, 11) is 1.43. The van der Waals surface area contributed by atoms with Gasteiger partial charge < -0.3 is 10.2 Å². The molecule has 1 N–H and O–H groups in total. The van der Waals surface area contributed by atoms with Gasteiger partial charge in [-0.25, -0.2) is 4.98 Å². The van der Waals surface area contributed by atoms with Crippen LogP contribution in [0.4, 0.5) is 18.3 Å². The van der Waals surface area contributed by atoms with Crippen LogP contribution in [0, 0.1) is 0 Å². The van der Waals surface area contributed by atoms with Crippen LogP contribution in [0.5, 0.6) is 0 Å². The van der Waals surface area contributed by atoms with E-state index < -0.39 is 12.7 Å². The lowest BCUT2D eigenvalue weighted by Crippen LogP contribution is -2.30. The van der Waals surface area contributed by atoms with Crippen molar-refractivity contribution < 1.29 is 13.2 Å². The van der Waals surface area contributed by atoms with Crippen molar-refractivity contribution in [1.29, 1.82) is 0 Å². The molecule has 21 heavy (non-hydrogen) atoms. The number of thiazole rings is 1. The smallest absolute Gasteiger partial charge is 0.342 e. The van der Waals surface area contributed by atoms with Crippen molar-refractivity contribution in [2.75, 3.05) is 25.0 Å². The van der Waals surface area contributed by atoms with Crippen LogP contribution in [0.25, 0.3) is 0 Å². The van der Waals surface area contributed by atoms with Crippen LogP contribution in [0.15, 0.2) is 0 Å². The van der Waals surface area contributed by atoms with Crippen LogP contribution in [0.1, 0.15) is 44.7 Å². The lowest BCUT2D eigenvalue weighted by atomic mass is 9.91. The van der Waals surface area contributed by atoms with E-state index in [9.17, 15) is 13.2 Å². The second kappa shape index (κ2) is 6.96. The Kier molecular flexibility index (Phi) is 6.04. The number of aromatic nitrogens is 1. The third-order valence-electron chi connectivity index (χ3n) is 2.85. The van der Waals surface area contributed by atoms with E-state index >= 15 is 0 Å². The molecule has 0 radical (unpaired) electrons. The van der Waals surface area contributed by atoms with E-state index in [1.165, 1.54) is 23.3 Å². The fourth-order valence-electron chi connectivity index (χ4n) is 1.92. The summed E-state index contributed by atoms with van der Waals surface area (Å²) in [5, 5.41) is 3.72. The Bertz CT molecular complexity index is 449. The van der Waals surface area contributed by atoms with Gasteiger partial charge in [-0.15, -0.1) is 11.3 Å². The summed E-state index contributed by atoms with van der Waals surface area (Å²) in [4.78, 5) is 6.63. The minimum Gasteiger partial charge on any atom is -0.342 e. The summed E-state index contributed by atoms with van der Waals surface area (Å²) in [5.74, 6) is 0. The Balaban J connectivity index is 2.97. The van der Waals surface area contributed by atoms with E-state index in [0.29, 0.717) is 11.7 Å². The summed E-state index contributed by atoms with van der Waals surface area (Å²) < 4.78 is 37.5. The molecule has 0 spiro atoms. The molecular formula is C14H24F3N3S. The highest BCUT2D eigenvalue weighted by atomic mass is 32.1. The van der Waals surface area contributed by atoms with Crippen molar-refractivity contribution in [2.24, 2.45) is 0 Å². The van der Waals surface area contributed by atoms with E-state index in [-0.39, 0.29) is 5.41 Å². The van der Waals surface area contributed by atoms with Gasteiger partial charge in [-0.1, -0.05) is 27.7 Å². The highest BCUT2D eigenvalue weighted by molar-refractivity contribution is 7.15. The van der Waals surface area contributed by atoms with Crippen LogP contribution in [-0.2, 0) is 12.0 Å². The standard InChI is InChI=1S/C14H24F3N3S/c1-6-7-18-8-10-11(13(2,3)4)19-12(21-10)20(5)9-14(15,16)17/h18H,6-9H2,1-5H3. The molecule has 0 saturated heterocycles. The summed E-state index contributed by atoms with van der Waals surface area (Å²) in [5.41, 5.74) is 0.692. The molecule has 0 amide bonds. The lowest BCUT2D eigenvalue weighted by Gasteiger charge is -2.19. The molecule has 0 atom stereocenters. The van der Waals surface area contributed by atoms with E-state index in [1.54, 1.807) is 0 Å².